The van der Waals surface area contributed by atoms with Crippen molar-refractivity contribution in [2.75, 3.05) is 27.2 Å². The smallest absolute Gasteiger partial charge is 0.207 e. The van der Waals surface area contributed by atoms with Crippen LogP contribution in [0.5, 0.6) is 0 Å². The lowest BCUT2D eigenvalue weighted by atomic mass is 9.95. The average Bonchev–Trinajstić information content (AvgIpc) is 2.87. The summed E-state index contributed by atoms with van der Waals surface area (Å²) in [6.07, 6.45) is 15.5. The van der Waals surface area contributed by atoms with E-state index in [0.29, 0.717) is 5.92 Å². The molecule has 1 rings (SSSR count). The molecule has 234 valence electrons. The third-order valence-corrected chi connectivity index (χ3v) is 5.00. The SMILES string of the molecule is CC.CC(C)C.CC1=CC(C)C(N)C=C1.CC=NC=N/C=C(\C)N=C(C)C.CCC(CCNC=O)CCN(C)C. The fraction of sp³-hybridized carbons (Fsp3) is 0.697. The number of nitrogens with zero attached hydrogens (tertiary/aromatic N) is 4. The molecule has 0 saturated carbocycles. The summed E-state index contributed by atoms with van der Waals surface area (Å²) in [5.41, 5.74) is 8.94. The summed E-state index contributed by atoms with van der Waals surface area (Å²) in [5, 5.41) is 2.71. The van der Waals surface area contributed by atoms with Gasteiger partial charge in [0.15, 0.2) is 0 Å². The molecule has 1 aliphatic carbocycles. The molecule has 3 N–H and O–H groups in total. The first kappa shape index (κ1) is 44.6. The van der Waals surface area contributed by atoms with E-state index < -0.39 is 0 Å². The molecule has 0 heterocycles. The van der Waals surface area contributed by atoms with Crippen LogP contribution in [0.2, 0.25) is 0 Å². The Balaban J connectivity index is -0.000000223. The summed E-state index contributed by atoms with van der Waals surface area (Å²) in [6.45, 7) is 26.5. The third kappa shape index (κ3) is 40.1. The Morgan fingerprint density at radius 3 is 2.10 bits per heavy atom. The van der Waals surface area contributed by atoms with Crippen LogP contribution in [0.25, 0.3) is 0 Å². The number of rotatable bonds is 11. The van der Waals surface area contributed by atoms with Crippen LogP contribution in [-0.4, -0.2) is 62.8 Å². The van der Waals surface area contributed by atoms with E-state index in [1.165, 1.54) is 24.8 Å². The number of hydrogen-bond acceptors (Lipinski definition) is 5. The molecule has 0 bridgehead atoms. The van der Waals surface area contributed by atoms with Gasteiger partial charge in [-0.2, -0.15) is 0 Å². The second-order valence-electron chi connectivity index (χ2n) is 10.7. The van der Waals surface area contributed by atoms with Gasteiger partial charge in [-0.3, -0.25) is 9.79 Å². The van der Waals surface area contributed by atoms with Crippen LogP contribution in [0, 0.1) is 17.8 Å². The van der Waals surface area contributed by atoms with Gasteiger partial charge in [0.05, 0.1) is 5.70 Å². The molecule has 1 aliphatic rings. The lowest BCUT2D eigenvalue weighted by molar-refractivity contribution is -0.109. The first-order valence-corrected chi connectivity index (χ1v) is 14.9. The van der Waals surface area contributed by atoms with Crippen LogP contribution in [0.3, 0.4) is 0 Å². The van der Waals surface area contributed by atoms with E-state index in [-0.39, 0.29) is 6.04 Å². The van der Waals surface area contributed by atoms with Gasteiger partial charge in [0.25, 0.3) is 0 Å². The maximum atomic E-state index is 10.0. The Bertz CT molecular complexity index is 741. The monoisotopic (exact) mass is 563 g/mol. The van der Waals surface area contributed by atoms with Crippen molar-refractivity contribution in [1.82, 2.24) is 10.2 Å². The van der Waals surface area contributed by atoms with Crippen LogP contribution < -0.4 is 11.1 Å². The van der Waals surface area contributed by atoms with Gasteiger partial charge in [0, 0.05) is 30.7 Å². The van der Waals surface area contributed by atoms with Gasteiger partial charge in [-0.1, -0.05) is 78.7 Å². The molecule has 0 aromatic rings. The standard InChI is InChI=1S/C10H22N2O.C9H15N3.C8H13N.C4H10.C2H6/c1-4-10(5-7-11-9-13)6-8-12(2)3;1-5-10-7-11-6-9(4)12-8(2)3;1-6-3-4-8(9)7(2)5-6;1-4(2)3;1-2/h9-10H,4-8H2,1-3H3,(H,11,13);5-7H,1-4H3;3-5,7-8H,9H2,1-2H3;4H,1-3H3;1-2H3/b;9-6+,10-5?,11-7?;;;. The summed E-state index contributed by atoms with van der Waals surface area (Å²) in [7, 11) is 4.19. The first-order chi connectivity index (χ1) is 18.8. The molecule has 40 heavy (non-hydrogen) atoms. The number of allylic oxidation sites excluding steroid dienone is 3. The van der Waals surface area contributed by atoms with Crippen molar-refractivity contribution in [2.24, 2.45) is 38.5 Å². The minimum atomic E-state index is 0.230. The van der Waals surface area contributed by atoms with E-state index in [4.69, 9.17) is 5.73 Å². The van der Waals surface area contributed by atoms with Crippen LogP contribution in [0.1, 0.15) is 102 Å². The molecule has 3 unspecified atom stereocenters. The second-order valence-corrected chi connectivity index (χ2v) is 10.7. The largest absolute Gasteiger partial charge is 0.359 e. The van der Waals surface area contributed by atoms with Gasteiger partial charge >= 0.3 is 0 Å². The zero-order valence-corrected chi connectivity index (χ0v) is 28.7. The second kappa shape index (κ2) is 32.8. The fourth-order valence-electron chi connectivity index (χ4n) is 2.99. The Kier molecular flexibility index (Phi) is 36.6. The molecule has 0 fully saturated rings. The van der Waals surface area contributed by atoms with E-state index in [9.17, 15) is 4.79 Å². The van der Waals surface area contributed by atoms with Gasteiger partial charge in [-0.25, -0.2) is 9.98 Å². The predicted octanol–water partition coefficient (Wildman–Crippen LogP) is 7.70. The topological polar surface area (TPSA) is 95.4 Å². The molecule has 0 radical (unpaired) electrons. The molecular formula is C33H66N6O. The Morgan fingerprint density at radius 2 is 1.70 bits per heavy atom. The number of amides is 1. The van der Waals surface area contributed by atoms with Crippen molar-refractivity contribution in [3.8, 4) is 0 Å². The molecule has 7 heteroatoms. The minimum Gasteiger partial charge on any atom is -0.359 e. The Hall–Kier alpha value is -2.38. The Labute approximate surface area is 249 Å². The molecule has 7 nitrogen and oxygen atoms in total. The van der Waals surface area contributed by atoms with E-state index >= 15 is 0 Å². The van der Waals surface area contributed by atoms with Crippen molar-refractivity contribution >= 4 is 24.7 Å². The summed E-state index contributed by atoms with van der Waals surface area (Å²) >= 11 is 0. The third-order valence-electron chi connectivity index (χ3n) is 5.00. The van der Waals surface area contributed by atoms with Gasteiger partial charge < -0.3 is 16.0 Å². The summed E-state index contributed by atoms with van der Waals surface area (Å²) < 4.78 is 0. The van der Waals surface area contributed by atoms with E-state index in [0.717, 1.165) is 49.2 Å². The highest BCUT2D eigenvalue weighted by Crippen LogP contribution is 2.14. The average molecular weight is 563 g/mol. The van der Waals surface area contributed by atoms with Crippen molar-refractivity contribution in [2.45, 2.75) is 108 Å². The van der Waals surface area contributed by atoms with Gasteiger partial charge in [-0.05, 0) is 85.9 Å². The van der Waals surface area contributed by atoms with E-state index in [1.54, 1.807) is 12.4 Å². The van der Waals surface area contributed by atoms with Crippen LogP contribution in [0.15, 0.2) is 50.7 Å². The highest BCUT2D eigenvalue weighted by Gasteiger charge is 2.09. The number of hydrogen-bond donors (Lipinski definition) is 2. The molecule has 0 spiro atoms. The molecule has 0 saturated heterocycles. The lowest BCUT2D eigenvalue weighted by Gasteiger charge is -2.17. The van der Waals surface area contributed by atoms with Gasteiger partial charge in [0.2, 0.25) is 6.41 Å². The normalized spacial score (nSPS) is 16.8. The molecular weight excluding hydrogens is 496 g/mol. The molecule has 0 aromatic carbocycles. The number of carbonyl (C=O) groups is 1. The summed E-state index contributed by atoms with van der Waals surface area (Å²) in [6, 6.07) is 0.230. The lowest BCUT2D eigenvalue weighted by Crippen LogP contribution is -2.26. The maximum Gasteiger partial charge on any atom is 0.207 e. The zero-order valence-electron chi connectivity index (χ0n) is 28.7. The number of aliphatic imine (C=N–C) groups is 3. The van der Waals surface area contributed by atoms with E-state index in [2.05, 4.69) is 99.1 Å². The zero-order chi connectivity index (χ0) is 31.9. The highest BCUT2D eigenvalue weighted by atomic mass is 16.1. The van der Waals surface area contributed by atoms with E-state index in [1.807, 2.05) is 41.5 Å². The van der Waals surface area contributed by atoms with Crippen molar-refractivity contribution in [3.05, 3.63) is 35.7 Å². The maximum absolute atomic E-state index is 10.0. The summed E-state index contributed by atoms with van der Waals surface area (Å²) in [5.74, 6) is 2.09. The van der Waals surface area contributed by atoms with Gasteiger partial charge in [-0.15, -0.1) is 0 Å². The summed E-state index contributed by atoms with van der Waals surface area (Å²) in [4.78, 5) is 24.1. The number of nitrogens with two attached hydrogens (primary N) is 1. The van der Waals surface area contributed by atoms with Crippen LogP contribution >= 0.6 is 0 Å². The quantitative estimate of drug-likeness (QED) is 0.117. The highest BCUT2D eigenvalue weighted by molar-refractivity contribution is 5.80. The van der Waals surface area contributed by atoms with Crippen molar-refractivity contribution < 1.29 is 4.79 Å². The number of carbonyl (C=O) groups excluding carboxylic acids is 1. The number of nitrogens with one attached hydrogen (secondary N) is 1. The van der Waals surface area contributed by atoms with Crippen LogP contribution in [0.4, 0.5) is 0 Å². The molecule has 0 aromatic heterocycles. The Morgan fingerprint density at radius 1 is 1.12 bits per heavy atom. The first-order valence-electron chi connectivity index (χ1n) is 14.9. The minimum absolute atomic E-state index is 0.230. The molecule has 3 atom stereocenters. The predicted molar refractivity (Wildman–Crippen MR) is 183 cm³/mol. The van der Waals surface area contributed by atoms with Crippen LogP contribution in [-0.2, 0) is 4.79 Å². The fourth-order valence-corrected chi connectivity index (χ4v) is 2.99. The van der Waals surface area contributed by atoms with Crippen molar-refractivity contribution in [3.63, 3.8) is 0 Å². The molecule has 0 aliphatic heterocycles. The van der Waals surface area contributed by atoms with Gasteiger partial charge in [0.1, 0.15) is 6.34 Å². The molecule has 1 amide bonds. The van der Waals surface area contributed by atoms with Crippen molar-refractivity contribution in [1.29, 1.82) is 0 Å².